The van der Waals surface area contributed by atoms with Crippen LogP contribution in [-0.4, -0.2) is 36.3 Å². The normalized spacial score (nSPS) is 18.2. The molecule has 1 atom stereocenters. The number of rotatable bonds is 6. The highest BCUT2D eigenvalue weighted by atomic mass is 32.1. The Morgan fingerprint density at radius 2 is 1.94 bits per heavy atom. The van der Waals surface area contributed by atoms with Crippen LogP contribution in [0.4, 0.5) is 4.39 Å². The first kappa shape index (κ1) is 21.2. The molecule has 0 spiro atoms. The fraction of sp³-hybridized carbons (Fsp3) is 0.280. The van der Waals surface area contributed by atoms with E-state index < -0.39 is 11.2 Å². The quantitative estimate of drug-likeness (QED) is 0.605. The summed E-state index contributed by atoms with van der Waals surface area (Å²) in [6, 6.07) is 16.1. The Hall–Kier alpha value is -2.99. The average Bonchev–Trinajstić information content (AvgIpc) is 3.45. The summed E-state index contributed by atoms with van der Waals surface area (Å²) in [7, 11) is 0. The molecule has 1 aromatic heterocycles. The van der Waals surface area contributed by atoms with Crippen molar-refractivity contribution in [3.05, 3.63) is 82.3 Å². The van der Waals surface area contributed by atoms with Gasteiger partial charge in [0.1, 0.15) is 5.82 Å². The van der Waals surface area contributed by atoms with Crippen molar-refractivity contribution in [3.63, 3.8) is 0 Å². The largest absolute Gasteiger partial charge is 0.356 e. The van der Waals surface area contributed by atoms with Crippen LogP contribution >= 0.6 is 11.3 Å². The molecule has 0 saturated carbocycles. The molecule has 1 fully saturated rings. The topological polar surface area (TPSA) is 49.4 Å². The second-order valence-corrected chi connectivity index (χ2v) is 8.79. The van der Waals surface area contributed by atoms with Crippen molar-refractivity contribution >= 4 is 23.2 Å². The summed E-state index contributed by atoms with van der Waals surface area (Å²) in [5.74, 6) is -0.712. The zero-order valence-electron chi connectivity index (χ0n) is 17.4. The van der Waals surface area contributed by atoms with Gasteiger partial charge in [-0.05, 0) is 71.5 Å². The smallest absolute Gasteiger partial charge is 0.253 e. The third-order valence-electron chi connectivity index (χ3n) is 5.88. The van der Waals surface area contributed by atoms with Gasteiger partial charge in [0.25, 0.3) is 5.91 Å². The highest BCUT2D eigenvalue weighted by molar-refractivity contribution is 7.08. The van der Waals surface area contributed by atoms with Gasteiger partial charge in [-0.1, -0.05) is 30.3 Å². The van der Waals surface area contributed by atoms with E-state index in [0.29, 0.717) is 38.0 Å². The highest BCUT2D eigenvalue weighted by Crippen LogP contribution is 2.36. The summed E-state index contributed by atoms with van der Waals surface area (Å²) >= 11 is 1.66. The Morgan fingerprint density at radius 3 is 2.61 bits per heavy atom. The van der Waals surface area contributed by atoms with Gasteiger partial charge in [-0.15, -0.1) is 0 Å². The zero-order chi connectivity index (χ0) is 21.8. The number of amides is 2. The minimum Gasteiger partial charge on any atom is -0.356 e. The fourth-order valence-electron chi connectivity index (χ4n) is 4.24. The van der Waals surface area contributed by atoms with E-state index in [2.05, 4.69) is 46.4 Å². The minimum atomic E-state index is -0.692. The molecule has 2 heterocycles. The predicted octanol–water partition coefficient (Wildman–Crippen LogP) is 4.77. The molecule has 1 aliphatic rings. The first-order valence-electron chi connectivity index (χ1n) is 10.5. The average molecular weight is 437 g/mol. The molecule has 4 nitrogen and oxygen atoms in total. The molecule has 31 heavy (non-hydrogen) atoms. The lowest BCUT2D eigenvalue weighted by atomic mass is 9.79. The Balaban J connectivity index is 1.55. The minimum absolute atomic E-state index is 0.0357. The summed E-state index contributed by atoms with van der Waals surface area (Å²) in [6.45, 7) is 3.22. The van der Waals surface area contributed by atoms with Gasteiger partial charge in [0.05, 0.1) is 5.41 Å². The van der Waals surface area contributed by atoms with E-state index in [1.54, 1.807) is 22.3 Å². The van der Waals surface area contributed by atoms with Crippen LogP contribution in [0, 0.1) is 11.2 Å². The van der Waals surface area contributed by atoms with Gasteiger partial charge in [-0.25, -0.2) is 4.39 Å². The lowest BCUT2D eigenvalue weighted by Crippen LogP contribution is -2.45. The summed E-state index contributed by atoms with van der Waals surface area (Å²) in [6.07, 6.45) is 1.13. The molecule has 0 bridgehead atoms. The number of benzene rings is 2. The van der Waals surface area contributed by atoms with Crippen molar-refractivity contribution < 1.29 is 14.0 Å². The van der Waals surface area contributed by atoms with Crippen LogP contribution in [0.25, 0.3) is 11.1 Å². The van der Waals surface area contributed by atoms with E-state index in [-0.39, 0.29) is 11.8 Å². The molecule has 2 aromatic carbocycles. The third-order valence-corrected chi connectivity index (χ3v) is 6.57. The van der Waals surface area contributed by atoms with Crippen molar-refractivity contribution in [1.82, 2.24) is 10.2 Å². The standard InChI is InChI=1S/C25H25FN2O2S/c1-2-27-24(30)25(15-18-6-8-19(9-7-18)21-10-13-31-16-21)11-12-28(17-25)23(29)20-4-3-5-22(26)14-20/h3-10,13-14,16H,2,11-12,15,17H2,1H3,(H,27,30). The summed E-state index contributed by atoms with van der Waals surface area (Å²) in [5.41, 5.74) is 3.01. The first-order valence-corrected chi connectivity index (χ1v) is 11.4. The van der Waals surface area contributed by atoms with Crippen molar-refractivity contribution in [2.75, 3.05) is 19.6 Å². The molecule has 6 heteroatoms. The molecular formula is C25H25FN2O2S. The molecule has 0 radical (unpaired) electrons. The van der Waals surface area contributed by atoms with E-state index in [9.17, 15) is 14.0 Å². The number of carbonyl (C=O) groups is 2. The number of likely N-dealkylation sites (tertiary alicyclic amines) is 1. The molecular weight excluding hydrogens is 411 g/mol. The molecule has 1 unspecified atom stereocenters. The lowest BCUT2D eigenvalue weighted by Gasteiger charge is -2.28. The Morgan fingerprint density at radius 1 is 1.13 bits per heavy atom. The fourth-order valence-corrected chi connectivity index (χ4v) is 4.91. The molecule has 1 aliphatic heterocycles. The molecule has 160 valence electrons. The van der Waals surface area contributed by atoms with Gasteiger partial charge in [-0.3, -0.25) is 9.59 Å². The predicted molar refractivity (Wildman–Crippen MR) is 121 cm³/mol. The van der Waals surface area contributed by atoms with E-state index in [1.807, 2.05) is 6.92 Å². The lowest BCUT2D eigenvalue weighted by molar-refractivity contribution is -0.130. The zero-order valence-corrected chi connectivity index (χ0v) is 18.3. The van der Waals surface area contributed by atoms with Crippen LogP contribution in [0.15, 0.2) is 65.4 Å². The first-order chi connectivity index (χ1) is 15.0. The third kappa shape index (κ3) is 4.54. The summed E-state index contributed by atoms with van der Waals surface area (Å²) < 4.78 is 13.6. The van der Waals surface area contributed by atoms with Crippen LogP contribution < -0.4 is 5.32 Å². The molecule has 4 rings (SSSR count). The van der Waals surface area contributed by atoms with Crippen LogP contribution in [0.3, 0.4) is 0 Å². The number of nitrogens with zero attached hydrogens (tertiary/aromatic N) is 1. The van der Waals surface area contributed by atoms with Crippen LogP contribution in [0.1, 0.15) is 29.3 Å². The van der Waals surface area contributed by atoms with Crippen LogP contribution in [0.2, 0.25) is 0 Å². The molecule has 2 amide bonds. The number of halogens is 1. The maximum absolute atomic E-state index is 13.6. The van der Waals surface area contributed by atoms with Crippen molar-refractivity contribution in [2.45, 2.75) is 19.8 Å². The van der Waals surface area contributed by atoms with Crippen LogP contribution in [0.5, 0.6) is 0 Å². The van der Waals surface area contributed by atoms with E-state index in [0.717, 1.165) is 11.1 Å². The molecule has 3 aromatic rings. The van der Waals surface area contributed by atoms with E-state index in [4.69, 9.17) is 0 Å². The summed E-state index contributed by atoms with van der Waals surface area (Å²) in [4.78, 5) is 27.7. The number of hydrogen-bond donors (Lipinski definition) is 1. The van der Waals surface area contributed by atoms with Crippen LogP contribution in [-0.2, 0) is 11.2 Å². The van der Waals surface area contributed by atoms with Crippen molar-refractivity contribution in [3.8, 4) is 11.1 Å². The molecule has 1 saturated heterocycles. The molecule has 0 aliphatic carbocycles. The number of carbonyl (C=O) groups excluding carboxylic acids is 2. The number of hydrogen-bond acceptors (Lipinski definition) is 3. The SMILES string of the molecule is CCNC(=O)C1(Cc2ccc(-c3ccsc3)cc2)CCN(C(=O)c2cccc(F)c2)C1. The maximum Gasteiger partial charge on any atom is 0.253 e. The number of nitrogens with one attached hydrogen (secondary N) is 1. The van der Waals surface area contributed by atoms with Gasteiger partial charge >= 0.3 is 0 Å². The van der Waals surface area contributed by atoms with Crippen molar-refractivity contribution in [2.24, 2.45) is 5.41 Å². The second kappa shape index (κ2) is 9.02. The summed E-state index contributed by atoms with van der Waals surface area (Å²) in [5, 5.41) is 7.12. The van der Waals surface area contributed by atoms with Gasteiger partial charge in [0.2, 0.25) is 5.91 Å². The monoisotopic (exact) mass is 436 g/mol. The van der Waals surface area contributed by atoms with Gasteiger partial charge < -0.3 is 10.2 Å². The Bertz CT molecular complexity index is 1070. The van der Waals surface area contributed by atoms with Gasteiger partial charge in [0.15, 0.2) is 0 Å². The highest BCUT2D eigenvalue weighted by Gasteiger charge is 2.45. The molecule has 1 N–H and O–H groups in total. The second-order valence-electron chi connectivity index (χ2n) is 8.01. The Kier molecular flexibility index (Phi) is 6.18. The number of thiophene rings is 1. The maximum atomic E-state index is 13.6. The van der Waals surface area contributed by atoms with Gasteiger partial charge in [0, 0.05) is 25.2 Å². The van der Waals surface area contributed by atoms with E-state index >= 15 is 0 Å². The van der Waals surface area contributed by atoms with Crippen molar-refractivity contribution in [1.29, 1.82) is 0 Å². The van der Waals surface area contributed by atoms with E-state index in [1.165, 1.54) is 23.8 Å². The Labute approximate surface area is 185 Å². The van der Waals surface area contributed by atoms with Gasteiger partial charge in [-0.2, -0.15) is 11.3 Å².